The summed E-state index contributed by atoms with van der Waals surface area (Å²) in [5.41, 5.74) is 2.86. The van der Waals surface area contributed by atoms with E-state index < -0.39 is 0 Å². The first-order valence-electron chi connectivity index (χ1n) is 9.48. The minimum Gasteiger partial charge on any atom is -0.314 e. The van der Waals surface area contributed by atoms with Gasteiger partial charge in [0.05, 0.1) is 0 Å². The topological polar surface area (TPSA) is 18.5 Å². The lowest BCUT2D eigenvalue weighted by Gasteiger charge is -2.35. The van der Waals surface area contributed by atoms with Gasteiger partial charge in [0.2, 0.25) is 0 Å². The minimum atomic E-state index is 0.592. The van der Waals surface area contributed by atoms with Crippen LogP contribution in [0.15, 0.2) is 24.3 Å². The lowest BCUT2D eigenvalue weighted by molar-refractivity contribution is 0.161. The molecule has 1 aliphatic heterocycles. The standard InChI is InChI=1S/C20H35N3/c1-4-22(5-2)15-7-6-8-20(23-16-13-21-14-17-23)19-11-9-18(3)10-12-19/h9-12,20-21H,4-8,13-17H2,1-3H3. The van der Waals surface area contributed by atoms with Gasteiger partial charge in [0.25, 0.3) is 0 Å². The maximum Gasteiger partial charge on any atom is 0.0349 e. The molecule has 3 heteroatoms. The molecule has 1 atom stereocenters. The van der Waals surface area contributed by atoms with Crippen molar-refractivity contribution >= 4 is 0 Å². The molecule has 0 saturated carbocycles. The molecule has 130 valence electrons. The molecule has 1 aliphatic rings. The average Bonchev–Trinajstić information content (AvgIpc) is 2.60. The Labute approximate surface area is 143 Å². The Hall–Kier alpha value is -0.900. The number of unbranched alkanes of at least 4 members (excludes halogenated alkanes) is 1. The minimum absolute atomic E-state index is 0.592. The van der Waals surface area contributed by atoms with E-state index in [4.69, 9.17) is 0 Å². The van der Waals surface area contributed by atoms with Crippen molar-refractivity contribution in [1.82, 2.24) is 15.1 Å². The normalized spacial score (nSPS) is 17.6. The van der Waals surface area contributed by atoms with E-state index in [0.29, 0.717) is 6.04 Å². The van der Waals surface area contributed by atoms with Crippen LogP contribution in [0, 0.1) is 6.92 Å². The predicted octanol–water partition coefficient (Wildman–Crippen LogP) is 3.45. The van der Waals surface area contributed by atoms with Crippen molar-refractivity contribution in [3.05, 3.63) is 35.4 Å². The van der Waals surface area contributed by atoms with Gasteiger partial charge in [-0.15, -0.1) is 0 Å². The van der Waals surface area contributed by atoms with Gasteiger partial charge in [-0.2, -0.15) is 0 Å². The van der Waals surface area contributed by atoms with Crippen LogP contribution in [-0.2, 0) is 0 Å². The Morgan fingerprint density at radius 2 is 1.70 bits per heavy atom. The molecular formula is C20H35N3. The second kappa shape index (κ2) is 10.1. The third-order valence-corrected chi connectivity index (χ3v) is 5.15. The van der Waals surface area contributed by atoms with Crippen molar-refractivity contribution in [3.63, 3.8) is 0 Å². The smallest absolute Gasteiger partial charge is 0.0349 e. The molecule has 2 rings (SSSR count). The fourth-order valence-electron chi connectivity index (χ4n) is 3.56. The molecule has 1 N–H and O–H groups in total. The summed E-state index contributed by atoms with van der Waals surface area (Å²) >= 11 is 0. The highest BCUT2D eigenvalue weighted by molar-refractivity contribution is 5.24. The average molecular weight is 318 g/mol. The first-order valence-corrected chi connectivity index (χ1v) is 9.48. The summed E-state index contributed by atoms with van der Waals surface area (Å²) in [4.78, 5) is 5.21. The monoisotopic (exact) mass is 317 g/mol. The molecule has 3 nitrogen and oxygen atoms in total. The Kier molecular flexibility index (Phi) is 8.07. The van der Waals surface area contributed by atoms with Gasteiger partial charge in [-0.25, -0.2) is 0 Å². The van der Waals surface area contributed by atoms with E-state index in [0.717, 1.165) is 13.1 Å². The molecule has 1 saturated heterocycles. The number of rotatable bonds is 9. The molecule has 1 fully saturated rings. The van der Waals surface area contributed by atoms with E-state index in [9.17, 15) is 0 Å². The van der Waals surface area contributed by atoms with Crippen molar-refractivity contribution in [2.24, 2.45) is 0 Å². The van der Waals surface area contributed by atoms with E-state index in [1.54, 1.807) is 0 Å². The van der Waals surface area contributed by atoms with Crippen molar-refractivity contribution < 1.29 is 0 Å². The summed E-state index contributed by atoms with van der Waals surface area (Å²) in [6, 6.07) is 9.80. The molecule has 1 aromatic rings. The van der Waals surface area contributed by atoms with E-state index in [-0.39, 0.29) is 0 Å². The summed E-state index contributed by atoms with van der Waals surface area (Å²) in [6.45, 7) is 14.9. The highest BCUT2D eigenvalue weighted by atomic mass is 15.2. The third-order valence-electron chi connectivity index (χ3n) is 5.15. The zero-order valence-electron chi connectivity index (χ0n) is 15.4. The summed E-state index contributed by atoms with van der Waals surface area (Å²) in [6.07, 6.45) is 3.92. The predicted molar refractivity (Wildman–Crippen MR) is 100 cm³/mol. The lowest BCUT2D eigenvalue weighted by atomic mass is 9.97. The molecule has 1 unspecified atom stereocenters. The molecular weight excluding hydrogens is 282 g/mol. The van der Waals surface area contributed by atoms with E-state index in [1.165, 1.54) is 63.1 Å². The second-order valence-corrected chi connectivity index (χ2v) is 6.74. The van der Waals surface area contributed by atoms with E-state index in [2.05, 4.69) is 60.2 Å². The van der Waals surface area contributed by atoms with Crippen LogP contribution in [0.3, 0.4) is 0 Å². The number of hydrogen-bond donors (Lipinski definition) is 1. The molecule has 0 aliphatic carbocycles. The summed E-state index contributed by atoms with van der Waals surface area (Å²) in [5.74, 6) is 0. The molecule has 0 amide bonds. The van der Waals surface area contributed by atoms with Crippen LogP contribution in [0.25, 0.3) is 0 Å². The number of piperazine rings is 1. The van der Waals surface area contributed by atoms with Gasteiger partial charge in [-0.1, -0.05) is 50.1 Å². The zero-order chi connectivity index (χ0) is 16.5. The number of aryl methyl sites for hydroxylation is 1. The van der Waals surface area contributed by atoms with Crippen LogP contribution >= 0.6 is 0 Å². The number of benzene rings is 1. The molecule has 0 bridgehead atoms. The maximum absolute atomic E-state index is 3.48. The highest BCUT2D eigenvalue weighted by Gasteiger charge is 2.21. The summed E-state index contributed by atoms with van der Waals surface area (Å²) in [7, 11) is 0. The van der Waals surface area contributed by atoms with Crippen molar-refractivity contribution in [1.29, 1.82) is 0 Å². The van der Waals surface area contributed by atoms with E-state index in [1.807, 2.05) is 0 Å². The van der Waals surface area contributed by atoms with E-state index >= 15 is 0 Å². The Morgan fingerprint density at radius 3 is 2.30 bits per heavy atom. The first kappa shape index (κ1) is 18.4. The molecule has 0 spiro atoms. The molecule has 1 aromatic carbocycles. The summed E-state index contributed by atoms with van der Waals surface area (Å²) < 4.78 is 0. The van der Waals surface area contributed by atoms with Gasteiger partial charge >= 0.3 is 0 Å². The van der Waals surface area contributed by atoms with Gasteiger partial charge in [0.15, 0.2) is 0 Å². The van der Waals surface area contributed by atoms with Crippen LogP contribution in [0.4, 0.5) is 0 Å². The molecule has 0 aromatic heterocycles. The molecule has 0 radical (unpaired) electrons. The quantitative estimate of drug-likeness (QED) is 0.704. The van der Waals surface area contributed by atoms with Crippen LogP contribution in [0.2, 0.25) is 0 Å². The third kappa shape index (κ3) is 5.91. The van der Waals surface area contributed by atoms with Gasteiger partial charge in [-0.05, 0) is 45.0 Å². The first-order chi connectivity index (χ1) is 11.2. The van der Waals surface area contributed by atoms with Crippen LogP contribution < -0.4 is 5.32 Å². The van der Waals surface area contributed by atoms with Crippen LogP contribution in [-0.4, -0.2) is 55.6 Å². The highest BCUT2D eigenvalue weighted by Crippen LogP contribution is 2.27. The van der Waals surface area contributed by atoms with Gasteiger partial charge in [0, 0.05) is 32.2 Å². The number of hydrogen-bond acceptors (Lipinski definition) is 3. The van der Waals surface area contributed by atoms with Crippen molar-refractivity contribution in [3.8, 4) is 0 Å². The number of nitrogens with zero attached hydrogens (tertiary/aromatic N) is 2. The Balaban J connectivity index is 1.92. The molecule has 23 heavy (non-hydrogen) atoms. The largest absolute Gasteiger partial charge is 0.314 e. The number of nitrogens with one attached hydrogen (secondary N) is 1. The van der Waals surface area contributed by atoms with Crippen LogP contribution in [0.5, 0.6) is 0 Å². The second-order valence-electron chi connectivity index (χ2n) is 6.74. The van der Waals surface area contributed by atoms with Crippen molar-refractivity contribution in [2.75, 3.05) is 45.8 Å². The SMILES string of the molecule is CCN(CC)CCCCC(c1ccc(C)cc1)N1CCNCC1. The van der Waals surface area contributed by atoms with Crippen LogP contribution in [0.1, 0.15) is 50.3 Å². The van der Waals surface area contributed by atoms with Crippen molar-refractivity contribution in [2.45, 2.75) is 46.1 Å². The Bertz CT molecular complexity index is 419. The van der Waals surface area contributed by atoms with Gasteiger partial charge in [-0.3, -0.25) is 4.90 Å². The lowest BCUT2D eigenvalue weighted by Crippen LogP contribution is -2.45. The summed E-state index contributed by atoms with van der Waals surface area (Å²) in [5, 5.41) is 3.48. The maximum atomic E-state index is 3.48. The Morgan fingerprint density at radius 1 is 1.04 bits per heavy atom. The molecule has 1 heterocycles. The van der Waals surface area contributed by atoms with Gasteiger partial charge in [0.1, 0.15) is 0 Å². The zero-order valence-corrected chi connectivity index (χ0v) is 15.4. The fourth-order valence-corrected chi connectivity index (χ4v) is 3.56. The van der Waals surface area contributed by atoms with Gasteiger partial charge < -0.3 is 10.2 Å². The fraction of sp³-hybridized carbons (Fsp3) is 0.700.